The van der Waals surface area contributed by atoms with Crippen molar-refractivity contribution in [3.63, 3.8) is 0 Å². The normalized spacial score (nSPS) is 11.2. The van der Waals surface area contributed by atoms with Crippen molar-refractivity contribution in [1.82, 2.24) is 30.0 Å². The molecule has 0 saturated heterocycles. The van der Waals surface area contributed by atoms with Crippen LogP contribution in [0.15, 0.2) is 79.1 Å². The Kier molecular flexibility index (Phi) is 8.07. The molecule has 182 valence electrons. The molecule has 0 unspecified atom stereocenters. The largest absolute Gasteiger partial charge is 0.330 e. The second kappa shape index (κ2) is 11.6. The predicted molar refractivity (Wildman–Crippen MR) is 159 cm³/mol. The lowest BCUT2D eigenvalue weighted by Gasteiger charge is -2.07. The highest BCUT2D eigenvalue weighted by molar-refractivity contribution is 14.1. The lowest BCUT2D eigenvalue weighted by molar-refractivity contribution is 0.687. The fourth-order valence-corrected chi connectivity index (χ4v) is 5.12. The van der Waals surface area contributed by atoms with E-state index in [1.165, 1.54) is 5.56 Å². The molecule has 3 aromatic carbocycles. The summed E-state index contributed by atoms with van der Waals surface area (Å²) >= 11 is 4.61. The van der Waals surface area contributed by atoms with E-state index in [0.29, 0.717) is 0 Å². The summed E-state index contributed by atoms with van der Waals surface area (Å²) in [6.07, 6.45) is 8.17. The third-order valence-electron chi connectivity index (χ3n) is 5.89. The third kappa shape index (κ3) is 6.01. The number of unbranched alkanes of at least 4 members (excludes halogenated alkanes) is 2. The lowest BCUT2D eigenvalue weighted by Crippen LogP contribution is -1.98. The maximum absolute atomic E-state index is 5.69. The standard InChI is InChI=1S/C27H25I2N7/c28-22-7-4-9-24(15-22)35-17-26(31-33-35)20-12-19(6-2-1-3-11-30)13-21(14-20)27-18-36(34-32-27)25-10-5-8-23(29)16-25/h4-5,7-10,12-18H,1-3,6,11,30H2. The maximum Gasteiger partial charge on any atom is 0.113 e. The molecule has 2 heterocycles. The Hall–Kier alpha value is -2.64. The molecule has 0 saturated carbocycles. The highest BCUT2D eigenvalue weighted by Gasteiger charge is 2.13. The van der Waals surface area contributed by atoms with Crippen molar-refractivity contribution in [3.05, 3.63) is 91.8 Å². The van der Waals surface area contributed by atoms with E-state index in [1.54, 1.807) is 0 Å². The third-order valence-corrected chi connectivity index (χ3v) is 7.23. The van der Waals surface area contributed by atoms with Crippen LogP contribution in [0.1, 0.15) is 24.8 Å². The molecule has 0 spiro atoms. The average molecular weight is 701 g/mol. The number of nitrogens with two attached hydrogens (primary N) is 1. The van der Waals surface area contributed by atoms with Crippen LogP contribution in [0.4, 0.5) is 0 Å². The van der Waals surface area contributed by atoms with Gasteiger partial charge >= 0.3 is 0 Å². The molecule has 0 fully saturated rings. The van der Waals surface area contributed by atoms with Crippen LogP contribution in [0.5, 0.6) is 0 Å². The van der Waals surface area contributed by atoms with E-state index >= 15 is 0 Å². The summed E-state index contributed by atoms with van der Waals surface area (Å²) in [6.45, 7) is 0.731. The number of benzene rings is 3. The predicted octanol–water partition coefficient (Wildman–Crippen LogP) is 6.06. The minimum Gasteiger partial charge on any atom is -0.330 e. The van der Waals surface area contributed by atoms with Gasteiger partial charge in [0.05, 0.1) is 23.8 Å². The van der Waals surface area contributed by atoms with Crippen LogP contribution in [-0.4, -0.2) is 36.5 Å². The molecule has 5 aromatic rings. The van der Waals surface area contributed by atoms with Gasteiger partial charge in [-0.1, -0.05) is 29.0 Å². The Labute approximate surface area is 237 Å². The van der Waals surface area contributed by atoms with Gasteiger partial charge in [0.2, 0.25) is 0 Å². The number of aromatic nitrogens is 6. The quantitative estimate of drug-likeness (QED) is 0.149. The van der Waals surface area contributed by atoms with Crippen molar-refractivity contribution in [2.75, 3.05) is 6.54 Å². The first-order chi connectivity index (χ1) is 17.6. The highest BCUT2D eigenvalue weighted by atomic mass is 127. The lowest BCUT2D eigenvalue weighted by atomic mass is 9.98. The molecule has 0 bridgehead atoms. The number of halogens is 2. The second-order valence-electron chi connectivity index (χ2n) is 8.57. The number of aryl methyl sites for hydroxylation is 1. The molecule has 36 heavy (non-hydrogen) atoms. The van der Waals surface area contributed by atoms with Crippen LogP contribution in [0, 0.1) is 7.14 Å². The number of hydrogen-bond acceptors (Lipinski definition) is 5. The van der Waals surface area contributed by atoms with Crippen LogP contribution < -0.4 is 5.73 Å². The first-order valence-electron chi connectivity index (χ1n) is 11.8. The SMILES string of the molecule is NCCCCCc1cc(-c2cn(-c3cccc(I)c3)nn2)cc(-c2cn(-c3cccc(I)c3)nn2)c1. The van der Waals surface area contributed by atoms with Crippen molar-refractivity contribution >= 4 is 45.2 Å². The summed E-state index contributed by atoms with van der Waals surface area (Å²) in [5, 5.41) is 17.8. The zero-order valence-electron chi connectivity index (χ0n) is 19.6. The van der Waals surface area contributed by atoms with Gasteiger partial charge in [0.1, 0.15) is 11.4 Å². The summed E-state index contributed by atoms with van der Waals surface area (Å²) in [7, 11) is 0. The van der Waals surface area contributed by atoms with Gasteiger partial charge in [-0.15, -0.1) is 10.2 Å². The fraction of sp³-hybridized carbons (Fsp3) is 0.185. The summed E-state index contributed by atoms with van der Waals surface area (Å²) in [5.41, 5.74) is 12.6. The number of rotatable bonds is 9. The van der Waals surface area contributed by atoms with Gasteiger partial charge in [0.15, 0.2) is 0 Å². The molecule has 0 radical (unpaired) electrons. The van der Waals surface area contributed by atoms with Crippen molar-refractivity contribution in [2.24, 2.45) is 5.73 Å². The van der Waals surface area contributed by atoms with Crippen LogP contribution in [0.2, 0.25) is 0 Å². The minimum absolute atomic E-state index is 0.731. The van der Waals surface area contributed by atoms with Gasteiger partial charge in [0, 0.05) is 18.3 Å². The van der Waals surface area contributed by atoms with Gasteiger partial charge in [0.25, 0.3) is 0 Å². The maximum atomic E-state index is 5.69. The van der Waals surface area contributed by atoms with Gasteiger partial charge < -0.3 is 5.73 Å². The second-order valence-corrected chi connectivity index (χ2v) is 11.1. The first-order valence-corrected chi connectivity index (χ1v) is 14.0. The van der Waals surface area contributed by atoms with Gasteiger partial charge in [-0.3, -0.25) is 0 Å². The molecule has 5 rings (SSSR count). The number of nitrogens with zero attached hydrogens (tertiary/aromatic N) is 6. The van der Waals surface area contributed by atoms with Crippen molar-refractivity contribution in [2.45, 2.75) is 25.7 Å². The fourth-order valence-electron chi connectivity index (χ4n) is 4.06. The van der Waals surface area contributed by atoms with Crippen molar-refractivity contribution in [3.8, 4) is 33.9 Å². The van der Waals surface area contributed by atoms with E-state index < -0.39 is 0 Å². The Bertz CT molecular complexity index is 1370. The first kappa shape index (κ1) is 25.0. The van der Waals surface area contributed by atoms with E-state index in [2.05, 4.69) is 108 Å². The number of hydrogen-bond donors (Lipinski definition) is 1. The Morgan fingerprint density at radius 3 is 1.72 bits per heavy atom. The van der Waals surface area contributed by atoms with E-state index in [9.17, 15) is 0 Å². The molecule has 0 aliphatic rings. The van der Waals surface area contributed by atoms with E-state index in [4.69, 9.17) is 5.73 Å². The molecular formula is C27H25I2N7. The molecule has 0 aliphatic carbocycles. The van der Waals surface area contributed by atoms with Gasteiger partial charge in [-0.05, 0) is 131 Å². The Morgan fingerprint density at radius 2 is 1.22 bits per heavy atom. The zero-order chi connectivity index (χ0) is 24.9. The summed E-state index contributed by atoms with van der Waals surface area (Å²) in [6, 6.07) is 22.9. The molecule has 7 nitrogen and oxygen atoms in total. The van der Waals surface area contributed by atoms with E-state index in [1.807, 2.05) is 46.0 Å². The van der Waals surface area contributed by atoms with E-state index in [0.717, 1.165) is 73.3 Å². The molecule has 0 amide bonds. The van der Waals surface area contributed by atoms with E-state index in [-0.39, 0.29) is 0 Å². The van der Waals surface area contributed by atoms with Crippen LogP contribution in [-0.2, 0) is 6.42 Å². The van der Waals surface area contributed by atoms with Crippen LogP contribution in [0.25, 0.3) is 33.9 Å². The van der Waals surface area contributed by atoms with Gasteiger partial charge in [-0.2, -0.15) is 0 Å². The molecule has 9 heteroatoms. The molecule has 0 aliphatic heterocycles. The summed E-state index contributed by atoms with van der Waals surface area (Å²) in [4.78, 5) is 0. The molecular weight excluding hydrogens is 676 g/mol. The minimum atomic E-state index is 0.731. The highest BCUT2D eigenvalue weighted by Crippen LogP contribution is 2.28. The zero-order valence-corrected chi connectivity index (χ0v) is 23.9. The molecule has 2 aromatic heterocycles. The monoisotopic (exact) mass is 701 g/mol. The average Bonchev–Trinajstić information content (AvgIpc) is 3.57. The molecule has 2 N–H and O–H groups in total. The van der Waals surface area contributed by atoms with Gasteiger partial charge in [-0.25, -0.2) is 9.36 Å². The van der Waals surface area contributed by atoms with Crippen molar-refractivity contribution < 1.29 is 0 Å². The topological polar surface area (TPSA) is 87.4 Å². The Morgan fingerprint density at radius 1 is 0.667 bits per heavy atom. The summed E-state index contributed by atoms with van der Waals surface area (Å²) < 4.78 is 5.94. The summed E-state index contributed by atoms with van der Waals surface area (Å²) in [5.74, 6) is 0. The molecule has 0 atom stereocenters. The van der Waals surface area contributed by atoms with Crippen LogP contribution >= 0.6 is 45.2 Å². The van der Waals surface area contributed by atoms with Crippen molar-refractivity contribution in [1.29, 1.82) is 0 Å². The Balaban J connectivity index is 1.49. The van der Waals surface area contributed by atoms with Crippen LogP contribution in [0.3, 0.4) is 0 Å². The smallest absolute Gasteiger partial charge is 0.113 e.